The van der Waals surface area contributed by atoms with Gasteiger partial charge >= 0.3 is 0 Å². The predicted molar refractivity (Wildman–Crippen MR) is 53.0 cm³/mol. The summed E-state index contributed by atoms with van der Waals surface area (Å²) in [5.41, 5.74) is 0. The van der Waals surface area contributed by atoms with Crippen molar-refractivity contribution in [3.05, 3.63) is 0 Å². The smallest absolute Gasteiger partial charge is 0.262 e. The molecule has 3 nitrogen and oxygen atoms in total. The summed E-state index contributed by atoms with van der Waals surface area (Å²) in [7, 11) is 0. The first-order valence-electron chi connectivity index (χ1n) is 5.57. The Morgan fingerprint density at radius 1 is 1.33 bits per heavy atom. The summed E-state index contributed by atoms with van der Waals surface area (Å²) in [6.45, 7) is 1.46. The maximum atomic E-state index is 13.2. The number of nitrogens with one attached hydrogen (secondary N) is 1. The highest BCUT2D eigenvalue weighted by atomic mass is 19.3. The molecule has 2 aliphatic heterocycles. The minimum absolute atomic E-state index is 0.153. The molecule has 2 N–H and O–H groups in total. The van der Waals surface area contributed by atoms with E-state index in [4.69, 9.17) is 5.11 Å². The van der Waals surface area contributed by atoms with Crippen LogP contribution >= 0.6 is 0 Å². The topological polar surface area (TPSA) is 35.5 Å². The van der Waals surface area contributed by atoms with Crippen LogP contribution in [0.15, 0.2) is 0 Å². The fraction of sp³-hybridized carbons (Fsp3) is 1.00. The van der Waals surface area contributed by atoms with E-state index in [9.17, 15) is 8.78 Å². The SMILES string of the molecule is OC[C@@H]1CC(F)(F)CN1C1CCNCC1. The largest absolute Gasteiger partial charge is 0.395 e. The van der Waals surface area contributed by atoms with Gasteiger partial charge in [-0.25, -0.2) is 8.78 Å². The molecule has 88 valence electrons. The lowest BCUT2D eigenvalue weighted by molar-refractivity contribution is 0.00589. The van der Waals surface area contributed by atoms with Gasteiger partial charge < -0.3 is 10.4 Å². The van der Waals surface area contributed by atoms with Crippen molar-refractivity contribution in [2.75, 3.05) is 26.2 Å². The molecule has 15 heavy (non-hydrogen) atoms. The Bertz CT molecular complexity index is 219. The van der Waals surface area contributed by atoms with E-state index in [1.807, 2.05) is 0 Å². The van der Waals surface area contributed by atoms with Crippen LogP contribution in [0.2, 0.25) is 0 Å². The van der Waals surface area contributed by atoms with Crippen LogP contribution < -0.4 is 5.32 Å². The first-order chi connectivity index (χ1) is 7.12. The third kappa shape index (κ3) is 2.46. The van der Waals surface area contributed by atoms with Crippen molar-refractivity contribution in [1.29, 1.82) is 0 Å². The maximum absolute atomic E-state index is 13.2. The van der Waals surface area contributed by atoms with Gasteiger partial charge in [0, 0.05) is 18.5 Å². The molecule has 5 heteroatoms. The summed E-state index contributed by atoms with van der Waals surface area (Å²) in [5.74, 6) is -2.61. The minimum atomic E-state index is -2.61. The zero-order valence-corrected chi connectivity index (χ0v) is 8.75. The number of halogens is 2. The highest BCUT2D eigenvalue weighted by Crippen LogP contribution is 2.34. The van der Waals surface area contributed by atoms with Gasteiger partial charge in [0.2, 0.25) is 0 Å². The molecular formula is C10H18F2N2O. The number of hydrogen-bond acceptors (Lipinski definition) is 3. The van der Waals surface area contributed by atoms with Gasteiger partial charge in [-0.15, -0.1) is 0 Å². The maximum Gasteiger partial charge on any atom is 0.262 e. The number of hydrogen-bond donors (Lipinski definition) is 2. The highest BCUT2D eigenvalue weighted by molar-refractivity contribution is 4.94. The Morgan fingerprint density at radius 3 is 2.60 bits per heavy atom. The summed E-state index contributed by atoms with van der Waals surface area (Å²) in [5, 5.41) is 12.3. The van der Waals surface area contributed by atoms with Crippen LogP contribution in [0.5, 0.6) is 0 Å². The van der Waals surface area contributed by atoms with Gasteiger partial charge in [-0.05, 0) is 25.9 Å². The lowest BCUT2D eigenvalue weighted by Gasteiger charge is -2.34. The molecule has 0 aromatic carbocycles. The zero-order valence-electron chi connectivity index (χ0n) is 8.75. The molecule has 0 spiro atoms. The van der Waals surface area contributed by atoms with Gasteiger partial charge in [0.05, 0.1) is 13.2 Å². The fourth-order valence-electron chi connectivity index (χ4n) is 2.66. The van der Waals surface area contributed by atoms with Crippen LogP contribution in [-0.4, -0.2) is 54.3 Å². The van der Waals surface area contributed by atoms with Gasteiger partial charge in [0.15, 0.2) is 0 Å². The molecule has 2 rings (SSSR count). The van der Waals surface area contributed by atoms with Gasteiger partial charge in [0.25, 0.3) is 5.92 Å². The summed E-state index contributed by atoms with van der Waals surface area (Å²) < 4.78 is 26.4. The van der Waals surface area contributed by atoms with E-state index in [1.165, 1.54) is 0 Å². The number of alkyl halides is 2. The lowest BCUT2D eigenvalue weighted by Crippen LogP contribution is -2.46. The number of piperidine rings is 1. The Kier molecular flexibility index (Phi) is 3.23. The standard InChI is InChI=1S/C10H18F2N2O/c11-10(12)5-9(6-15)14(7-10)8-1-3-13-4-2-8/h8-9,13,15H,1-7H2/t9-/m0/s1. The Balaban J connectivity index is 2.00. The van der Waals surface area contributed by atoms with Gasteiger partial charge in [-0.3, -0.25) is 4.90 Å². The summed E-state index contributed by atoms with van der Waals surface area (Å²) in [6, 6.07) is -0.125. The minimum Gasteiger partial charge on any atom is -0.395 e. The Morgan fingerprint density at radius 2 is 2.00 bits per heavy atom. The summed E-state index contributed by atoms with van der Waals surface area (Å²) in [6.07, 6.45) is 1.63. The second kappa shape index (κ2) is 4.31. The average molecular weight is 220 g/mol. The van der Waals surface area contributed by atoms with Gasteiger partial charge in [0.1, 0.15) is 0 Å². The lowest BCUT2D eigenvalue weighted by atomic mass is 10.0. The van der Waals surface area contributed by atoms with Crippen LogP contribution in [0.1, 0.15) is 19.3 Å². The molecule has 0 aromatic rings. The second-order valence-electron chi connectivity index (χ2n) is 4.55. The Labute approximate surface area is 88.4 Å². The van der Waals surface area contributed by atoms with E-state index in [2.05, 4.69) is 5.32 Å². The van der Waals surface area contributed by atoms with Gasteiger partial charge in [-0.1, -0.05) is 0 Å². The van der Waals surface area contributed by atoms with Crippen LogP contribution in [0.3, 0.4) is 0 Å². The Hall–Kier alpha value is -0.260. The van der Waals surface area contributed by atoms with Gasteiger partial charge in [-0.2, -0.15) is 0 Å². The molecule has 2 aliphatic rings. The van der Waals surface area contributed by atoms with E-state index >= 15 is 0 Å². The van der Waals surface area contributed by atoms with Crippen LogP contribution in [0.25, 0.3) is 0 Å². The van der Waals surface area contributed by atoms with Crippen molar-refractivity contribution < 1.29 is 13.9 Å². The van der Waals surface area contributed by atoms with E-state index in [0.717, 1.165) is 25.9 Å². The van der Waals surface area contributed by atoms with Crippen molar-refractivity contribution in [1.82, 2.24) is 10.2 Å². The number of nitrogens with zero attached hydrogens (tertiary/aromatic N) is 1. The van der Waals surface area contributed by atoms with E-state index in [0.29, 0.717) is 0 Å². The molecule has 2 heterocycles. The molecule has 0 aliphatic carbocycles. The molecule has 0 radical (unpaired) electrons. The molecule has 2 saturated heterocycles. The highest BCUT2D eigenvalue weighted by Gasteiger charge is 2.46. The number of likely N-dealkylation sites (tertiary alicyclic amines) is 1. The molecule has 0 saturated carbocycles. The molecule has 0 amide bonds. The fourth-order valence-corrected chi connectivity index (χ4v) is 2.66. The molecule has 2 fully saturated rings. The summed E-state index contributed by atoms with van der Waals surface area (Å²) in [4.78, 5) is 1.81. The van der Waals surface area contributed by atoms with Crippen molar-refractivity contribution in [2.45, 2.75) is 37.3 Å². The summed E-state index contributed by atoms with van der Waals surface area (Å²) >= 11 is 0. The van der Waals surface area contributed by atoms with Crippen molar-refractivity contribution in [3.8, 4) is 0 Å². The molecule has 0 aromatic heterocycles. The molecule has 1 atom stereocenters. The third-order valence-corrected chi connectivity index (χ3v) is 3.41. The van der Waals surface area contributed by atoms with Crippen molar-refractivity contribution >= 4 is 0 Å². The first kappa shape index (κ1) is 11.2. The van der Waals surface area contributed by atoms with Crippen molar-refractivity contribution in [2.24, 2.45) is 0 Å². The van der Waals surface area contributed by atoms with E-state index < -0.39 is 5.92 Å². The molecule has 0 unspecified atom stereocenters. The van der Waals surface area contributed by atoms with Crippen LogP contribution in [0, 0.1) is 0 Å². The van der Waals surface area contributed by atoms with Crippen LogP contribution in [0.4, 0.5) is 8.78 Å². The third-order valence-electron chi connectivity index (χ3n) is 3.41. The first-order valence-corrected chi connectivity index (χ1v) is 5.57. The number of rotatable bonds is 2. The number of aliphatic hydroxyl groups is 1. The van der Waals surface area contributed by atoms with Crippen LogP contribution in [-0.2, 0) is 0 Å². The normalized spacial score (nSPS) is 33.4. The average Bonchev–Trinajstić information content (AvgIpc) is 2.55. The molecular weight excluding hydrogens is 202 g/mol. The second-order valence-corrected chi connectivity index (χ2v) is 4.55. The molecule has 0 bridgehead atoms. The monoisotopic (exact) mass is 220 g/mol. The van der Waals surface area contributed by atoms with Crippen molar-refractivity contribution in [3.63, 3.8) is 0 Å². The van der Waals surface area contributed by atoms with E-state index in [1.54, 1.807) is 4.90 Å². The zero-order chi connectivity index (χ0) is 10.9. The number of aliphatic hydroxyl groups excluding tert-OH is 1. The predicted octanol–water partition coefficient (Wildman–Crippen LogP) is 0.440. The van der Waals surface area contributed by atoms with E-state index in [-0.39, 0.29) is 31.7 Å². The quantitative estimate of drug-likeness (QED) is 0.709.